The maximum absolute atomic E-state index is 15.4. The van der Waals surface area contributed by atoms with Crippen LogP contribution in [0.25, 0.3) is 0 Å². The van der Waals surface area contributed by atoms with E-state index in [1.165, 1.54) is 0 Å². The Morgan fingerprint density at radius 3 is 2.23 bits per heavy atom. The second-order valence-electron chi connectivity index (χ2n) is 8.83. The Hall–Kier alpha value is -2.61. The first-order valence-electron chi connectivity index (χ1n) is 12.1. The van der Waals surface area contributed by atoms with E-state index < -0.39 is 81.3 Å². The topological polar surface area (TPSA) is 159 Å². The minimum absolute atomic E-state index is 0.0928. The van der Waals surface area contributed by atoms with Crippen LogP contribution >= 0.6 is 19.4 Å². The lowest BCUT2D eigenvalue weighted by atomic mass is 9.95. The van der Waals surface area contributed by atoms with E-state index in [4.69, 9.17) is 48.9 Å². The first kappa shape index (κ1) is 31.9. The number of phosphoric acid groups is 1. The van der Waals surface area contributed by atoms with Gasteiger partial charge in [-0.3, -0.25) is 32.7 Å². The number of halogens is 2. The Morgan fingerprint density at radius 2 is 1.62 bits per heavy atom. The summed E-state index contributed by atoms with van der Waals surface area (Å²) in [4.78, 5) is 47.1. The fourth-order valence-corrected chi connectivity index (χ4v) is 5.76. The van der Waals surface area contributed by atoms with Gasteiger partial charge in [0, 0.05) is 39.1 Å². The van der Waals surface area contributed by atoms with Crippen LogP contribution in [-0.2, 0) is 61.0 Å². The highest BCUT2D eigenvalue weighted by molar-refractivity contribution is 7.48. The molecule has 0 aromatic heterocycles. The number of alkyl halides is 1. The van der Waals surface area contributed by atoms with E-state index in [1.807, 2.05) is 0 Å². The Kier molecular flexibility index (Phi) is 11.0. The third-order valence-corrected chi connectivity index (χ3v) is 7.29. The Labute approximate surface area is 234 Å². The van der Waals surface area contributed by atoms with Crippen LogP contribution in [0.15, 0.2) is 24.3 Å². The standard InChI is InChI=1S/C24H29ClFO13P/c1-12(27)32-11-18(26)20-21(34-13(2)28)22(35-14(3)29)23(36-15(4)30)24(37-20)39-40(31)33-9-8-19(38-40)16-6-5-7-17(25)10-16/h5-7,10,18-24H,8-9,11H2,1-4H3/t18-,19+,20+,21+,22-,23-,24-,40+/m0/s1. The molecule has 1 aromatic carbocycles. The third kappa shape index (κ3) is 8.69. The lowest BCUT2D eigenvalue weighted by Crippen LogP contribution is -2.64. The molecule has 2 saturated heterocycles. The molecule has 1 aromatic rings. The zero-order chi connectivity index (χ0) is 29.6. The van der Waals surface area contributed by atoms with E-state index in [9.17, 15) is 23.7 Å². The minimum Gasteiger partial charge on any atom is -0.463 e. The van der Waals surface area contributed by atoms with Gasteiger partial charge in [-0.1, -0.05) is 23.7 Å². The number of benzene rings is 1. The quantitative estimate of drug-likeness (QED) is 0.228. The normalized spacial score (nSPS) is 30.9. The van der Waals surface area contributed by atoms with Crippen molar-refractivity contribution in [3.8, 4) is 0 Å². The average Bonchev–Trinajstić information content (AvgIpc) is 2.85. The summed E-state index contributed by atoms with van der Waals surface area (Å²) in [7, 11) is -4.51. The van der Waals surface area contributed by atoms with Crippen LogP contribution in [0.5, 0.6) is 0 Å². The van der Waals surface area contributed by atoms with Crippen molar-refractivity contribution in [2.24, 2.45) is 0 Å². The smallest absolute Gasteiger partial charge is 0.463 e. The third-order valence-electron chi connectivity index (χ3n) is 5.58. The van der Waals surface area contributed by atoms with Crippen LogP contribution in [0.4, 0.5) is 4.39 Å². The second kappa shape index (κ2) is 13.8. The molecule has 0 radical (unpaired) electrons. The fourth-order valence-electron chi connectivity index (χ4n) is 4.10. The van der Waals surface area contributed by atoms with E-state index in [1.54, 1.807) is 24.3 Å². The Morgan fingerprint density at radius 1 is 1.00 bits per heavy atom. The van der Waals surface area contributed by atoms with Crippen LogP contribution in [0.3, 0.4) is 0 Å². The highest BCUT2D eigenvalue weighted by atomic mass is 35.5. The first-order valence-corrected chi connectivity index (χ1v) is 13.9. The van der Waals surface area contributed by atoms with E-state index in [2.05, 4.69) is 0 Å². The van der Waals surface area contributed by atoms with Gasteiger partial charge in [0.25, 0.3) is 0 Å². The lowest BCUT2D eigenvalue weighted by Gasteiger charge is -2.45. The number of rotatable bonds is 9. The Bertz CT molecular complexity index is 1150. The summed E-state index contributed by atoms with van der Waals surface area (Å²) in [5.74, 6) is -3.58. The van der Waals surface area contributed by atoms with Crippen LogP contribution < -0.4 is 0 Å². The number of carbonyl (C=O) groups is 4. The molecule has 0 saturated carbocycles. The van der Waals surface area contributed by atoms with Crippen molar-refractivity contribution in [1.29, 1.82) is 0 Å². The SMILES string of the molecule is CC(=O)OC[C@H](F)[C@H]1O[C@@H](O[P@]2(=O)OCC[C@H](c3cccc(Cl)c3)O2)[C@@H](OC(C)=O)[C@@H](OC(C)=O)[C@@H]1OC(C)=O. The monoisotopic (exact) mass is 610 g/mol. The zero-order valence-electron chi connectivity index (χ0n) is 22.0. The molecule has 2 fully saturated rings. The zero-order valence-corrected chi connectivity index (χ0v) is 23.6. The predicted molar refractivity (Wildman–Crippen MR) is 131 cm³/mol. The summed E-state index contributed by atoms with van der Waals surface area (Å²) >= 11 is 6.06. The van der Waals surface area contributed by atoms with E-state index in [-0.39, 0.29) is 13.0 Å². The van der Waals surface area contributed by atoms with E-state index in [0.717, 1.165) is 27.7 Å². The van der Waals surface area contributed by atoms with Crippen molar-refractivity contribution < 1.29 is 65.4 Å². The lowest BCUT2D eigenvalue weighted by molar-refractivity contribution is -0.297. The summed E-state index contributed by atoms with van der Waals surface area (Å²) in [6.45, 7) is 3.12. The van der Waals surface area contributed by atoms with Crippen molar-refractivity contribution >= 4 is 43.3 Å². The molecule has 2 aliphatic rings. The van der Waals surface area contributed by atoms with E-state index >= 15 is 4.39 Å². The fraction of sp³-hybridized carbons (Fsp3) is 0.583. The molecule has 2 aliphatic heterocycles. The molecule has 222 valence electrons. The van der Waals surface area contributed by atoms with Gasteiger partial charge in [0.2, 0.25) is 6.29 Å². The highest BCUT2D eigenvalue weighted by Crippen LogP contribution is 2.58. The van der Waals surface area contributed by atoms with Crippen LogP contribution in [-0.4, -0.2) is 74.0 Å². The van der Waals surface area contributed by atoms with Crippen molar-refractivity contribution in [2.75, 3.05) is 13.2 Å². The van der Waals surface area contributed by atoms with Gasteiger partial charge in [-0.05, 0) is 17.7 Å². The van der Waals surface area contributed by atoms with Gasteiger partial charge in [0.1, 0.15) is 12.7 Å². The van der Waals surface area contributed by atoms with Gasteiger partial charge >= 0.3 is 31.7 Å². The molecule has 3 rings (SSSR count). The van der Waals surface area contributed by atoms with Crippen LogP contribution in [0.2, 0.25) is 5.02 Å². The molecule has 0 unspecified atom stereocenters. The summed E-state index contributed by atoms with van der Waals surface area (Å²) in [5.41, 5.74) is 0.566. The van der Waals surface area contributed by atoms with Crippen molar-refractivity contribution in [1.82, 2.24) is 0 Å². The van der Waals surface area contributed by atoms with Crippen molar-refractivity contribution in [2.45, 2.75) is 77.1 Å². The number of hydrogen-bond donors (Lipinski definition) is 0. The summed E-state index contributed by atoms with van der Waals surface area (Å²) < 4.78 is 71.5. The average molecular weight is 611 g/mol. The molecule has 40 heavy (non-hydrogen) atoms. The summed E-state index contributed by atoms with van der Waals surface area (Å²) in [6.07, 6.45) is -11.6. The van der Waals surface area contributed by atoms with Crippen molar-refractivity contribution in [3.05, 3.63) is 34.9 Å². The largest absolute Gasteiger partial charge is 0.477 e. The first-order chi connectivity index (χ1) is 18.8. The number of esters is 4. The number of carbonyl (C=O) groups excluding carboxylic acids is 4. The van der Waals surface area contributed by atoms with E-state index in [0.29, 0.717) is 10.6 Å². The molecule has 0 amide bonds. The molecule has 0 spiro atoms. The molecule has 13 nitrogen and oxygen atoms in total. The van der Waals surface area contributed by atoms with Gasteiger partial charge in [0.05, 0.1) is 12.7 Å². The summed E-state index contributed by atoms with van der Waals surface area (Å²) in [5, 5.41) is 0.402. The maximum atomic E-state index is 15.4. The second-order valence-corrected chi connectivity index (χ2v) is 10.8. The molecular weight excluding hydrogens is 582 g/mol. The molecule has 2 heterocycles. The van der Waals surface area contributed by atoms with Crippen LogP contribution in [0.1, 0.15) is 45.8 Å². The number of phosphoric ester groups is 1. The Balaban J connectivity index is 1.97. The number of ether oxygens (including phenoxy) is 5. The molecule has 0 N–H and O–H groups in total. The maximum Gasteiger partial charge on any atom is 0.477 e. The predicted octanol–water partition coefficient (Wildman–Crippen LogP) is 3.36. The minimum atomic E-state index is -4.51. The van der Waals surface area contributed by atoms with Crippen LogP contribution in [0, 0.1) is 0 Å². The van der Waals surface area contributed by atoms with Gasteiger partial charge in [-0.2, -0.15) is 0 Å². The summed E-state index contributed by atoms with van der Waals surface area (Å²) in [6, 6.07) is 6.58. The highest BCUT2D eigenvalue weighted by Gasteiger charge is 2.57. The molecule has 0 aliphatic carbocycles. The van der Waals surface area contributed by atoms with Gasteiger partial charge < -0.3 is 23.7 Å². The van der Waals surface area contributed by atoms with Crippen molar-refractivity contribution in [3.63, 3.8) is 0 Å². The molecule has 8 atom stereocenters. The van der Waals surface area contributed by atoms with Gasteiger partial charge in [-0.15, -0.1) is 0 Å². The van der Waals surface area contributed by atoms with Gasteiger partial charge in [-0.25, -0.2) is 8.96 Å². The molecule has 0 bridgehead atoms. The molecule has 16 heteroatoms. The van der Waals surface area contributed by atoms with Gasteiger partial charge in [0.15, 0.2) is 24.5 Å². The number of hydrogen-bond acceptors (Lipinski definition) is 13. The molecular formula is C24H29ClFO13P.